The minimum atomic E-state index is -0.448. The van der Waals surface area contributed by atoms with Gasteiger partial charge in [-0.15, -0.1) is 0 Å². The first-order valence-electron chi connectivity index (χ1n) is 5.16. The van der Waals surface area contributed by atoms with Crippen molar-refractivity contribution in [2.75, 3.05) is 20.8 Å². The molecule has 0 spiro atoms. The maximum atomic E-state index is 11.4. The monoisotopic (exact) mass is 247 g/mol. The molecule has 0 N–H and O–H groups in total. The molecule has 18 heavy (non-hydrogen) atoms. The number of carbonyl (C=O) groups excluding carboxylic acids is 1. The number of carbonyl (C=O) groups is 1. The summed E-state index contributed by atoms with van der Waals surface area (Å²) in [7, 11) is 2.80. The minimum Gasteiger partial charge on any atom is -0.496 e. The number of benzene rings is 1. The lowest BCUT2D eigenvalue weighted by atomic mass is 10.1. The summed E-state index contributed by atoms with van der Waals surface area (Å²) in [6, 6.07) is 5.08. The van der Waals surface area contributed by atoms with E-state index in [0.29, 0.717) is 11.3 Å². The van der Waals surface area contributed by atoms with Crippen molar-refractivity contribution >= 4 is 12.0 Å². The van der Waals surface area contributed by atoms with Gasteiger partial charge < -0.3 is 9.47 Å². The van der Waals surface area contributed by atoms with Gasteiger partial charge in [0.25, 0.3) is 0 Å². The molecule has 0 heterocycles. The summed E-state index contributed by atoms with van der Waals surface area (Å²) in [6.45, 7) is 0.275. The van der Waals surface area contributed by atoms with E-state index in [2.05, 4.69) is 14.8 Å². The third-order valence-electron chi connectivity index (χ3n) is 2.19. The first-order chi connectivity index (χ1) is 8.72. The van der Waals surface area contributed by atoms with Gasteiger partial charge in [-0.2, -0.15) is 0 Å². The lowest BCUT2D eigenvalue weighted by Gasteiger charge is -2.07. The Labute approximate surface area is 104 Å². The lowest BCUT2D eigenvalue weighted by Crippen LogP contribution is -2.04. The van der Waals surface area contributed by atoms with Gasteiger partial charge in [-0.1, -0.05) is 23.3 Å². The van der Waals surface area contributed by atoms with Crippen molar-refractivity contribution < 1.29 is 14.3 Å². The molecule has 6 nitrogen and oxygen atoms in total. The highest BCUT2D eigenvalue weighted by molar-refractivity contribution is 5.92. The number of ether oxygens (including phenoxy) is 2. The molecule has 94 valence electrons. The van der Waals surface area contributed by atoms with Gasteiger partial charge in [0.2, 0.25) is 0 Å². The molecular weight excluding hydrogens is 234 g/mol. The van der Waals surface area contributed by atoms with Crippen LogP contribution in [0.15, 0.2) is 29.4 Å². The van der Waals surface area contributed by atoms with E-state index in [1.54, 1.807) is 30.4 Å². The minimum absolute atomic E-state index is 0.275. The number of nitrogens with zero attached hydrogens (tertiary/aromatic N) is 3. The van der Waals surface area contributed by atoms with Crippen molar-refractivity contribution in [1.29, 1.82) is 0 Å². The predicted molar refractivity (Wildman–Crippen MR) is 67.4 cm³/mol. The van der Waals surface area contributed by atoms with Gasteiger partial charge in [-0.25, -0.2) is 4.79 Å². The topological polar surface area (TPSA) is 84.3 Å². The van der Waals surface area contributed by atoms with Gasteiger partial charge in [0.15, 0.2) is 0 Å². The van der Waals surface area contributed by atoms with Crippen LogP contribution in [0.1, 0.15) is 15.9 Å². The van der Waals surface area contributed by atoms with Crippen molar-refractivity contribution in [3.8, 4) is 5.75 Å². The van der Waals surface area contributed by atoms with E-state index in [-0.39, 0.29) is 6.54 Å². The Morgan fingerprint density at radius 1 is 1.50 bits per heavy atom. The fraction of sp³-hybridized carbons (Fsp3) is 0.250. The summed E-state index contributed by atoms with van der Waals surface area (Å²) < 4.78 is 9.76. The van der Waals surface area contributed by atoms with E-state index < -0.39 is 5.97 Å². The molecule has 0 radical (unpaired) electrons. The zero-order chi connectivity index (χ0) is 13.4. The quantitative estimate of drug-likeness (QED) is 0.347. The summed E-state index contributed by atoms with van der Waals surface area (Å²) in [4.78, 5) is 14.1. The average molecular weight is 247 g/mol. The number of methoxy groups -OCH3 is 2. The molecule has 1 aromatic carbocycles. The summed E-state index contributed by atoms with van der Waals surface area (Å²) in [5.74, 6) is -0.00996. The zero-order valence-corrected chi connectivity index (χ0v) is 10.2. The molecule has 0 saturated heterocycles. The molecular formula is C12H13N3O3. The van der Waals surface area contributed by atoms with Crippen molar-refractivity contribution in [2.45, 2.75) is 0 Å². The molecule has 0 aromatic heterocycles. The SMILES string of the molecule is COC(=O)c1ccc(C=CCN=[N+]=[N-])cc1OC. The van der Waals surface area contributed by atoms with E-state index in [4.69, 9.17) is 10.3 Å². The Balaban J connectivity index is 2.94. The van der Waals surface area contributed by atoms with Crippen LogP contribution in [0.3, 0.4) is 0 Å². The molecule has 1 rings (SSSR count). The molecule has 0 atom stereocenters. The maximum Gasteiger partial charge on any atom is 0.341 e. The second-order valence-corrected chi connectivity index (χ2v) is 3.27. The molecule has 1 aromatic rings. The van der Waals surface area contributed by atoms with E-state index in [0.717, 1.165) is 5.56 Å². The summed E-state index contributed by atoms with van der Waals surface area (Å²) >= 11 is 0. The highest BCUT2D eigenvalue weighted by Crippen LogP contribution is 2.21. The molecule has 0 aliphatic carbocycles. The predicted octanol–water partition coefficient (Wildman–Crippen LogP) is 2.81. The normalized spacial score (nSPS) is 9.89. The fourth-order valence-corrected chi connectivity index (χ4v) is 1.36. The van der Waals surface area contributed by atoms with E-state index >= 15 is 0 Å². The zero-order valence-electron chi connectivity index (χ0n) is 10.2. The van der Waals surface area contributed by atoms with Gasteiger partial charge in [-0.05, 0) is 23.2 Å². The third kappa shape index (κ3) is 3.54. The lowest BCUT2D eigenvalue weighted by molar-refractivity contribution is 0.0597. The van der Waals surface area contributed by atoms with Gasteiger partial charge in [0.05, 0.1) is 14.2 Å². The van der Waals surface area contributed by atoms with Gasteiger partial charge in [0, 0.05) is 11.5 Å². The van der Waals surface area contributed by atoms with Crippen molar-refractivity contribution in [1.82, 2.24) is 0 Å². The number of hydrogen-bond donors (Lipinski definition) is 0. The molecule has 0 aliphatic rings. The second-order valence-electron chi connectivity index (χ2n) is 3.27. The number of esters is 1. The molecule has 0 bridgehead atoms. The van der Waals surface area contributed by atoms with E-state index in [1.807, 2.05) is 0 Å². The van der Waals surface area contributed by atoms with Crippen LogP contribution in [-0.4, -0.2) is 26.7 Å². The molecule has 0 fully saturated rings. The summed E-state index contributed by atoms with van der Waals surface area (Å²) in [5.41, 5.74) is 9.33. The van der Waals surface area contributed by atoms with Crippen molar-refractivity contribution in [3.63, 3.8) is 0 Å². The van der Waals surface area contributed by atoms with E-state index in [1.165, 1.54) is 14.2 Å². The van der Waals surface area contributed by atoms with Crippen LogP contribution in [-0.2, 0) is 4.74 Å². The Morgan fingerprint density at radius 2 is 2.28 bits per heavy atom. The van der Waals surface area contributed by atoms with Crippen LogP contribution in [0, 0.1) is 0 Å². The van der Waals surface area contributed by atoms with Crippen LogP contribution in [0.5, 0.6) is 5.75 Å². The van der Waals surface area contributed by atoms with Crippen LogP contribution in [0.25, 0.3) is 16.5 Å². The highest BCUT2D eigenvalue weighted by Gasteiger charge is 2.12. The number of rotatable bonds is 5. The standard InChI is InChI=1S/C12H13N3O3/c1-17-11-8-9(4-3-7-14-15-13)5-6-10(11)12(16)18-2/h3-6,8H,7H2,1-2H3. The molecule has 0 amide bonds. The van der Waals surface area contributed by atoms with Gasteiger partial charge >= 0.3 is 5.97 Å². The average Bonchev–Trinajstić information content (AvgIpc) is 2.42. The van der Waals surface area contributed by atoms with Crippen LogP contribution < -0.4 is 4.74 Å². The molecule has 0 saturated carbocycles. The van der Waals surface area contributed by atoms with E-state index in [9.17, 15) is 4.79 Å². The Morgan fingerprint density at radius 3 is 2.89 bits per heavy atom. The molecule has 0 unspecified atom stereocenters. The first-order valence-corrected chi connectivity index (χ1v) is 5.16. The first kappa shape index (κ1) is 13.6. The smallest absolute Gasteiger partial charge is 0.341 e. The summed E-state index contributed by atoms with van der Waals surface area (Å²) in [5, 5.41) is 3.38. The van der Waals surface area contributed by atoms with Crippen molar-refractivity contribution in [3.05, 3.63) is 45.8 Å². The largest absolute Gasteiger partial charge is 0.496 e. The van der Waals surface area contributed by atoms with Crippen LogP contribution >= 0.6 is 0 Å². The Hall–Kier alpha value is -2.46. The highest BCUT2D eigenvalue weighted by atomic mass is 16.5. The fourth-order valence-electron chi connectivity index (χ4n) is 1.36. The maximum absolute atomic E-state index is 11.4. The van der Waals surface area contributed by atoms with Gasteiger partial charge in [0.1, 0.15) is 11.3 Å². The van der Waals surface area contributed by atoms with Crippen LogP contribution in [0.2, 0.25) is 0 Å². The van der Waals surface area contributed by atoms with Gasteiger partial charge in [-0.3, -0.25) is 0 Å². The Bertz CT molecular complexity index is 505. The molecule has 0 aliphatic heterocycles. The number of azide groups is 1. The third-order valence-corrected chi connectivity index (χ3v) is 2.19. The van der Waals surface area contributed by atoms with Crippen LogP contribution in [0.4, 0.5) is 0 Å². The summed E-state index contributed by atoms with van der Waals surface area (Å²) in [6.07, 6.45) is 3.49. The number of hydrogen-bond acceptors (Lipinski definition) is 4. The molecule has 6 heteroatoms. The Kier molecular flexibility index (Phi) is 5.28. The second kappa shape index (κ2) is 6.98. The van der Waals surface area contributed by atoms with Crippen molar-refractivity contribution in [2.24, 2.45) is 5.11 Å².